The lowest BCUT2D eigenvalue weighted by Crippen LogP contribution is -2.22. The van der Waals surface area contributed by atoms with E-state index in [-0.39, 0.29) is 18.1 Å². The van der Waals surface area contributed by atoms with Crippen LogP contribution >= 0.6 is 0 Å². The Kier molecular flexibility index (Phi) is 4.47. The maximum absolute atomic E-state index is 14.0. The number of hydrogen-bond donors (Lipinski definition) is 2. The molecule has 2 aromatic carbocycles. The molecular weight excluding hydrogens is 329 g/mol. The van der Waals surface area contributed by atoms with E-state index in [0.717, 1.165) is 37.0 Å². The predicted octanol–water partition coefficient (Wildman–Crippen LogP) is 3.42. The van der Waals surface area contributed by atoms with E-state index < -0.39 is 5.82 Å². The molecule has 0 saturated heterocycles. The molecule has 1 aliphatic rings. The zero-order valence-corrected chi connectivity index (χ0v) is 14.8. The highest BCUT2D eigenvalue weighted by molar-refractivity contribution is 5.93. The second kappa shape index (κ2) is 6.92. The second-order valence-corrected chi connectivity index (χ2v) is 6.81. The van der Waals surface area contributed by atoms with Gasteiger partial charge in [-0.25, -0.2) is 4.39 Å². The van der Waals surface area contributed by atoms with Crippen molar-refractivity contribution in [2.45, 2.75) is 26.3 Å². The van der Waals surface area contributed by atoms with Crippen LogP contribution in [-0.2, 0) is 24.2 Å². The summed E-state index contributed by atoms with van der Waals surface area (Å²) in [4.78, 5) is 12.6. The first-order valence-electron chi connectivity index (χ1n) is 8.99. The van der Waals surface area contributed by atoms with Crippen molar-refractivity contribution in [1.82, 2.24) is 9.88 Å². The Hall–Kier alpha value is -2.66. The molecular formula is C21H22FN3O. The lowest BCUT2D eigenvalue weighted by molar-refractivity contribution is -0.116. The average molecular weight is 351 g/mol. The number of nitrogens with one attached hydrogen (secondary N) is 2. The number of amides is 1. The zero-order valence-electron chi connectivity index (χ0n) is 14.8. The van der Waals surface area contributed by atoms with Crippen molar-refractivity contribution in [3.63, 3.8) is 0 Å². The summed E-state index contributed by atoms with van der Waals surface area (Å²) in [5, 5.41) is 7.34. The van der Waals surface area contributed by atoms with Gasteiger partial charge >= 0.3 is 0 Å². The highest BCUT2D eigenvalue weighted by Gasteiger charge is 2.20. The molecule has 1 aliphatic heterocycles. The summed E-state index contributed by atoms with van der Waals surface area (Å²) in [5.74, 6) is -0.618. The Labute approximate surface area is 152 Å². The van der Waals surface area contributed by atoms with Gasteiger partial charge in [0.1, 0.15) is 12.4 Å². The van der Waals surface area contributed by atoms with Gasteiger partial charge in [0.2, 0.25) is 5.91 Å². The van der Waals surface area contributed by atoms with E-state index in [1.807, 2.05) is 19.1 Å². The zero-order chi connectivity index (χ0) is 18.1. The van der Waals surface area contributed by atoms with Gasteiger partial charge in [0.15, 0.2) is 0 Å². The fourth-order valence-electron chi connectivity index (χ4n) is 3.77. The maximum Gasteiger partial charge on any atom is 0.244 e. The Balaban J connectivity index is 1.66. The van der Waals surface area contributed by atoms with Crippen molar-refractivity contribution in [3.05, 3.63) is 65.1 Å². The van der Waals surface area contributed by atoms with Crippen LogP contribution in [0.2, 0.25) is 0 Å². The van der Waals surface area contributed by atoms with Crippen LogP contribution in [0.3, 0.4) is 0 Å². The van der Waals surface area contributed by atoms with E-state index in [4.69, 9.17) is 0 Å². The van der Waals surface area contributed by atoms with Crippen LogP contribution in [0.15, 0.2) is 42.5 Å². The number of carbonyl (C=O) groups is 1. The summed E-state index contributed by atoms with van der Waals surface area (Å²) < 4.78 is 16.1. The van der Waals surface area contributed by atoms with Crippen LogP contribution < -0.4 is 10.6 Å². The van der Waals surface area contributed by atoms with Crippen LogP contribution in [0.4, 0.5) is 10.1 Å². The fraction of sp³-hybridized carbons (Fsp3) is 0.286. The van der Waals surface area contributed by atoms with Crippen LogP contribution in [0.5, 0.6) is 0 Å². The summed E-state index contributed by atoms with van der Waals surface area (Å²) >= 11 is 0. The first-order valence-corrected chi connectivity index (χ1v) is 8.99. The van der Waals surface area contributed by atoms with Crippen LogP contribution in [-0.4, -0.2) is 23.6 Å². The van der Waals surface area contributed by atoms with Crippen molar-refractivity contribution in [1.29, 1.82) is 0 Å². The molecule has 1 amide bonds. The van der Waals surface area contributed by atoms with Gasteiger partial charge in [-0.05, 0) is 49.2 Å². The summed E-state index contributed by atoms with van der Waals surface area (Å²) in [6.45, 7) is 3.85. The van der Waals surface area contributed by atoms with E-state index in [1.54, 1.807) is 12.1 Å². The van der Waals surface area contributed by atoms with Gasteiger partial charge in [-0.15, -0.1) is 0 Å². The summed E-state index contributed by atoms with van der Waals surface area (Å²) in [6.07, 6.45) is 1.84. The monoisotopic (exact) mass is 351 g/mol. The number of halogens is 1. The van der Waals surface area contributed by atoms with Crippen molar-refractivity contribution >= 4 is 22.5 Å². The number of fused-ring (bicyclic) bond motifs is 3. The molecule has 0 saturated carbocycles. The highest BCUT2D eigenvalue weighted by atomic mass is 19.1. The Morgan fingerprint density at radius 3 is 2.85 bits per heavy atom. The molecule has 0 bridgehead atoms. The first-order chi connectivity index (χ1) is 12.6. The minimum atomic E-state index is -0.404. The van der Waals surface area contributed by atoms with Crippen molar-refractivity contribution < 1.29 is 9.18 Å². The van der Waals surface area contributed by atoms with Crippen LogP contribution in [0.25, 0.3) is 10.9 Å². The number of para-hydroxylation sites is 1. The SMILES string of the molecule is Cc1ccc(NC(=O)Cn2c3c(c4ccccc42)CCNCC3)c(F)c1. The minimum absolute atomic E-state index is 0.184. The van der Waals surface area contributed by atoms with E-state index in [0.29, 0.717) is 0 Å². The molecule has 4 nitrogen and oxygen atoms in total. The number of hydrogen-bond acceptors (Lipinski definition) is 2. The third-order valence-corrected chi connectivity index (χ3v) is 4.98. The Morgan fingerprint density at radius 1 is 1.19 bits per heavy atom. The van der Waals surface area contributed by atoms with Crippen molar-refractivity contribution in [2.75, 3.05) is 18.4 Å². The Bertz CT molecular complexity index is 977. The van der Waals surface area contributed by atoms with Gasteiger partial charge in [0.05, 0.1) is 5.69 Å². The highest BCUT2D eigenvalue weighted by Crippen LogP contribution is 2.28. The van der Waals surface area contributed by atoms with Gasteiger partial charge in [-0.3, -0.25) is 4.79 Å². The van der Waals surface area contributed by atoms with Gasteiger partial charge in [-0.2, -0.15) is 0 Å². The van der Waals surface area contributed by atoms with Crippen LogP contribution in [0.1, 0.15) is 16.8 Å². The Morgan fingerprint density at radius 2 is 2.00 bits per heavy atom. The molecule has 0 fully saturated rings. The lowest BCUT2D eigenvalue weighted by atomic mass is 10.1. The number of anilines is 1. The summed E-state index contributed by atoms with van der Waals surface area (Å²) in [7, 11) is 0. The number of carbonyl (C=O) groups excluding carboxylic acids is 1. The third kappa shape index (κ3) is 3.10. The molecule has 5 heteroatoms. The molecule has 0 atom stereocenters. The first kappa shape index (κ1) is 16.8. The maximum atomic E-state index is 14.0. The van der Waals surface area contributed by atoms with Crippen LogP contribution in [0, 0.1) is 12.7 Å². The molecule has 1 aromatic heterocycles. The molecule has 134 valence electrons. The molecule has 0 spiro atoms. The topological polar surface area (TPSA) is 46.1 Å². The molecule has 0 unspecified atom stereocenters. The predicted molar refractivity (Wildman–Crippen MR) is 102 cm³/mol. The molecule has 2 heterocycles. The number of aryl methyl sites for hydroxylation is 1. The summed E-state index contributed by atoms with van der Waals surface area (Å²) in [5.41, 5.74) is 4.65. The van der Waals surface area contributed by atoms with Crippen molar-refractivity contribution in [2.24, 2.45) is 0 Å². The van der Waals surface area contributed by atoms with Gasteiger partial charge < -0.3 is 15.2 Å². The molecule has 2 N–H and O–H groups in total. The number of benzene rings is 2. The quantitative estimate of drug-likeness (QED) is 0.760. The van der Waals surface area contributed by atoms with Gasteiger partial charge in [0, 0.05) is 29.6 Å². The van der Waals surface area contributed by atoms with Gasteiger partial charge in [0.25, 0.3) is 0 Å². The number of nitrogens with zero attached hydrogens (tertiary/aromatic N) is 1. The largest absolute Gasteiger partial charge is 0.335 e. The van der Waals surface area contributed by atoms with E-state index in [1.165, 1.54) is 22.7 Å². The molecule has 26 heavy (non-hydrogen) atoms. The summed E-state index contributed by atoms with van der Waals surface area (Å²) in [6, 6.07) is 13.0. The fourth-order valence-corrected chi connectivity index (χ4v) is 3.77. The molecule has 3 aromatic rings. The normalized spacial score (nSPS) is 14.1. The van der Waals surface area contributed by atoms with Gasteiger partial charge in [-0.1, -0.05) is 24.3 Å². The van der Waals surface area contributed by atoms with Crippen molar-refractivity contribution in [3.8, 4) is 0 Å². The third-order valence-electron chi connectivity index (χ3n) is 4.98. The molecule has 0 aliphatic carbocycles. The minimum Gasteiger partial charge on any atom is -0.335 e. The smallest absolute Gasteiger partial charge is 0.244 e. The second-order valence-electron chi connectivity index (χ2n) is 6.81. The average Bonchev–Trinajstić information content (AvgIpc) is 2.78. The number of aromatic nitrogens is 1. The molecule has 4 rings (SSSR count). The van der Waals surface area contributed by atoms with E-state index in [9.17, 15) is 9.18 Å². The van der Waals surface area contributed by atoms with E-state index >= 15 is 0 Å². The van der Waals surface area contributed by atoms with E-state index in [2.05, 4.69) is 27.3 Å². The standard InChI is InChI=1S/C21H22FN3O/c1-14-6-7-18(17(22)12-14)24-21(26)13-25-19-5-3-2-4-15(19)16-8-10-23-11-9-20(16)25/h2-7,12,23H,8-11,13H2,1H3,(H,24,26). The molecule has 0 radical (unpaired) electrons. The lowest BCUT2D eigenvalue weighted by Gasteiger charge is -2.12. The number of rotatable bonds is 3.